The van der Waals surface area contributed by atoms with Gasteiger partial charge in [0.1, 0.15) is 0 Å². The van der Waals surface area contributed by atoms with Crippen LogP contribution in [-0.2, 0) is 14.3 Å². The van der Waals surface area contributed by atoms with Crippen molar-refractivity contribution < 1.29 is 14.3 Å². The SMILES string of the molecule is CO[C@@H]([C@@H](C)[C@@H](/C=C/c1ccccc1)OC)[C@H](C)/C=C/C(C)=C/C(N)=O. The van der Waals surface area contributed by atoms with E-state index < -0.39 is 5.91 Å². The number of ether oxygens (including phenoxy) is 2. The molecule has 2 N–H and O–H groups in total. The highest BCUT2D eigenvalue weighted by Crippen LogP contribution is 2.24. The molecule has 0 spiro atoms. The van der Waals surface area contributed by atoms with Crippen LogP contribution in [0.1, 0.15) is 26.3 Å². The normalized spacial score (nSPS) is 17.3. The Morgan fingerprint density at radius 3 is 2.27 bits per heavy atom. The summed E-state index contributed by atoms with van der Waals surface area (Å²) in [6, 6.07) is 10.1. The van der Waals surface area contributed by atoms with Crippen LogP contribution >= 0.6 is 0 Å². The van der Waals surface area contributed by atoms with Crippen molar-refractivity contribution in [3.63, 3.8) is 0 Å². The predicted octanol–water partition coefficient (Wildman–Crippen LogP) is 3.99. The zero-order valence-electron chi connectivity index (χ0n) is 16.4. The minimum absolute atomic E-state index is 0.0296. The van der Waals surface area contributed by atoms with Crippen LogP contribution in [0.4, 0.5) is 0 Å². The number of hydrogen-bond acceptors (Lipinski definition) is 3. The fraction of sp³-hybridized carbons (Fsp3) is 0.409. The largest absolute Gasteiger partial charge is 0.380 e. The summed E-state index contributed by atoms with van der Waals surface area (Å²) in [6.07, 6.45) is 9.38. The first-order valence-electron chi connectivity index (χ1n) is 8.83. The molecule has 1 aromatic carbocycles. The molecule has 1 amide bonds. The van der Waals surface area contributed by atoms with Gasteiger partial charge in [-0.15, -0.1) is 0 Å². The number of primary amides is 1. The summed E-state index contributed by atoms with van der Waals surface area (Å²) in [7, 11) is 3.43. The molecule has 4 atom stereocenters. The summed E-state index contributed by atoms with van der Waals surface area (Å²) < 4.78 is 11.4. The maximum Gasteiger partial charge on any atom is 0.241 e. The highest BCUT2D eigenvalue weighted by molar-refractivity contribution is 5.86. The van der Waals surface area contributed by atoms with Gasteiger partial charge >= 0.3 is 0 Å². The molecule has 0 aliphatic heterocycles. The molecule has 0 saturated heterocycles. The number of nitrogens with two attached hydrogens (primary N) is 1. The molecule has 0 fully saturated rings. The Bertz CT molecular complexity index is 634. The van der Waals surface area contributed by atoms with E-state index in [1.54, 1.807) is 14.2 Å². The van der Waals surface area contributed by atoms with Crippen molar-refractivity contribution in [2.75, 3.05) is 14.2 Å². The van der Waals surface area contributed by atoms with E-state index in [2.05, 4.69) is 38.1 Å². The first kappa shape index (κ1) is 21.9. The average Bonchev–Trinajstić information content (AvgIpc) is 2.61. The number of methoxy groups -OCH3 is 2. The van der Waals surface area contributed by atoms with E-state index in [9.17, 15) is 4.79 Å². The Morgan fingerprint density at radius 2 is 1.73 bits per heavy atom. The molecule has 4 nitrogen and oxygen atoms in total. The summed E-state index contributed by atoms with van der Waals surface area (Å²) in [4.78, 5) is 10.9. The van der Waals surface area contributed by atoms with Gasteiger partial charge in [0, 0.05) is 32.1 Å². The van der Waals surface area contributed by atoms with Crippen molar-refractivity contribution in [3.05, 3.63) is 65.8 Å². The highest BCUT2D eigenvalue weighted by atomic mass is 16.5. The van der Waals surface area contributed by atoms with E-state index in [4.69, 9.17) is 15.2 Å². The van der Waals surface area contributed by atoms with Crippen LogP contribution in [0.3, 0.4) is 0 Å². The van der Waals surface area contributed by atoms with Crippen LogP contribution in [0, 0.1) is 11.8 Å². The topological polar surface area (TPSA) is 61.6 Å². The van der Waals surface area contributed by atoms with Gasteiger partial charge in [-0.3, -0.25) is 4.79 Å². The predicted molar refractivity (Wildman–Crippen MR) is 107 cm³/mol. The third-order valence-electron chi connectivity index (χ3n) is 4.41. The van der Waals surface area contributed by atoms with Crippen molar-refractivity contribution >= 4 is 12.0 Å². The fourth-order valence-corrected chi connectivity index (χ4v) is 3.02. The Balaban J connectivity index is 2.83. The summed E-state index contributed by atoms with van der Waals surface area (Å²) in [6.45, 7) is 6.06. The smallest absolute Gasteiger partial charge is 0.241 e. The number of carbonyl (C=O) groups is 1. The second-order valence-electron chi connectivity index (χ2n) is 6.54. The van der Waals surface area contributed by atoms with Gasteiger partial charge in [-0.25, -0.2) is 0 Å². The van der Waals surface area contributed by atoms with E-state index >= 15 is 0 Å². The van der Waals surface area contributed by atoms with Gasteiger partial charge in [-0.1, -0.05) is 68.5 Å². The number of hydrogen-bond donors (Lipinski definition) is 1. The van der Waals surface area contributed by atoms with Gasteiger partial charge in [-0.2, -0.15) is 0 Å². The number of allylic oxidation sites excluding steroid dienone is 2. The molecule has 0 aliphatic carbocycles. The minimum Gasteiger partial charge on any atom is -0.380 e. The van der Waals surface area contributed by atoms with Gasteiger partial charge in [0.2, 0.25) is 5.91 Å². The molecule has 1 rings (SSSR count). The van der Waals surface area contributed by atoms with Gasteiger partial charge in [-0.05, 0) is 18.1 Å². The van der Waals surface area contributed by atoms with E-state index in [0.29, 0.717) is 0 Å². The molecule has 0 aliphatic rings. The molecule has 0 bridgehead atoms. The quantitative estimate of drug-likeness (QED) is 0.509. The molecule has 142 valence electrons. The maximum atomic E-state index is 10.9. The Kier molecular flexibility index (Phi) is 9.63. The second-order valence-corrected chi connectivity index (χ2v) is 6.54. The van der Waals surface area contributed by atoms with Gasteiger partial charge < -0.3 is 15.2 Å². The van der Waals surface area contributed by atoms with Gasteiger partial charge in [0.25, 0.3) is 0 Å². The fourth-order valence-electron chi connectivity index (χ4n) is 3.02. The Hall–Kier alpha value is -2.17. The lowest BCUT2D eigenvalue weighted by molar-refractivity contribution is -0.113. The molecule has 1 aromatic rings. The van der Waals surface area contributed by atoms with E-state index in [0.717, 1.165) is 11.1 Å². The van der Waals surface area contributed by atoms with Crippen LogP contribution in [0.2, 0.25) is 0 Å². The van der Waals surface area contributed by atoms with Crippen LogP contribution in [-0.4, -0.2) is 32.3 Å². The molecule has 26 heavy (non-hydrogen) atoms. The zero-order valence-corrected chi connectivity index (χ0v) is 16.4. The highest BCUT2D eigenvalue weighted by Gasteiger charge is 2.27. The summed E-state index contributed by atoms with van der Waals surface area (Å²) in [5.74, 6) is -0.152. The van der Waals surface area contributed by atoms with E-state index in [1.165, 1.54) is 6.08 Å². The maximum absolute atomic E-state index is 10.9. The number of rotatable bonds is 10. The molecule has 0 heterocycles. The Labute approximate surface area is 157 Å². The van der Waals surface area contributed by atoms with Crippen LogP contribution in [0.25, 0.3) is 6.08 Å². The number of carbonyl (C=O) groups excluding carboxylic acids is 1. The molecule has 0 radical (unpaired) electrons. The summed E-state index contributed by atoms with van der Waals surface area (Å²) in [5, 5.41) is 0. The monoisotopic (exact) mass is 357 g/mol. The Morgan fingerprint density at radius 1 is 1.08 bits per heavy atom. The number of benzene rings is 1. The first-order chi connectivity index (χ1) is 12.4. The van der Waals surface area contributed by atoms with Crippen LogP contribution in [0.15, 0.2) is 60.2 Å². The zero-order chi connectivity index (χ0) is 19.5. The molecule has 0 saturated carbocycles. The molecule has 0 unspecified atom stereocenters. The standard InChI is InChI=1S/C22H31NO3/c1-16(15-21(23)24)11-12-17(2)22(26-5)18(3)20(25-4)14-13-19-9-7-6-8-10-19/h6-15,17-18,20,22H,1-5H3,(H2,23,24)/b12-11+,14-13+,16-15+/t17-,18+,20-,22-/m1/s1. The summed E-state index contributed by atoms with van der Waals surface area (Å²) >= 11 is 0. The average molecular weight is 357 g/mol. The van der Waals surface area contributed by atoms with Crippen molar-refractivity contribution in [2.45, 2.75) is 33.0 Å². The van der Waals surface area contributed by atoms with Crippen molar-refractivity contribution in [1.29, 1.82) is 0 Å². The molecule has 4 heteroatoms. The third kappa shape index (κ3) is 7.38. The van der Waals surface area contributed by atoms with Crippen molar-refractivity contribution in [1.82, 2.24) is 0 Å². The van der Waals surface area contributed by atoms with Crippen molar-refractivity contribution in [3.8, 4) is 0 Å². The van der Waals surface area contributed by atoms with Crippen molar-refractivity contribution in [2.24, 2.45) is 17.6 Å². The lowest BCUT2D eigenvalue weighted by Crippen LogP contribution is -2.35. The minimum atomic E-state index is -0.443. The van der Waals surface area contributed by atoms with E-state index in [-0.39, 0.29) is 24.0 Å². The van der Waals surface area contributed by atoms with E-state index in [1.807, 2.05) is 37.3 Å². The van der Waals surface area contributed by atoms with Gasteiger partial charge in [0.15, 0.2) is 0 Å². The molecular weight excluding hydrogens is 326 g/mol. The molecular formula is C22H31NO3. The third-order valence-corrected chi connectivity index (χ3v) is 4.41. The number of amides is 1. The lowest BCUT2D eigenvalue weighted by atomic mass is 9.88. The first-order valence-corrected chi connectivity index (χ1v) is 8.83. The second kappa shape index (κ2) is 11.4. The van der Waals surface area contributed by atoms with Gasteiger partial charge in [0.05, 0.1) is 12.2 Å². The van der Waals surface area contributed by atoms with Crippen LogP contribution < -0.4 is 5.73 Å². The molecule has 0 aromatic heterocycles. The van der Waals surface area contributed by atoms with Crippen LogP contribution in [0.5, 0.6) is 0 Å². The lowest BCUT2D eigenvalue weighted by Gasteiger charge is -2.30. The summed E-state index contributed by atoms with van der Waals surface area (Å²) in [5.41, 5.74) is 7.13.